The molecule has 0 aliphatic carbocycles. The molecule has 0 saturated heterocycles. The van der Waals surface area contributed by atoms with Gasteiger partial charge in [-0.25, -0.2) is 0 Å². The minimum Gasteiger partial charge on any atom is -0.144 e. The van der Waals surface area contributed by atoms with Gasteiger partial charge in [0, 0.05) is 10.1 Å². The predicted molar refractivity (Wildman–Crippen MR) is 117 cm³/mol. The van der Waals surface area contributed by atoms with E-state index in [0.29, 0.717) is 0 Å². The van der Waals surface area contributed by atoms with Gasteiger partial charge < -0.3 is 0 Å². The molecule has 0 unspecified atom stereocenters. The summed E-state index contributed by atoms with van der Waals surface area (Å²) in [6, 6.07) is 25.0. The summed E-state index contributed by atoms with van der Waals surface area (Å²) in [5.74, 6) is 0. The predicted octanol–water partition coefficient (Wildman–Crippen LogP) is 6.91. The van der Waals surface area contributed by atoms with E-state index >= 15 is 0 Å². The quantitative estimate of drug-likeness (QED) is 0.174. The molecule has 0 N–H and O–H groups in total. The average molecular weight is 357 g/mol. The van der Waals surface area contributed by atoms with Gasteiger partial charge in [0.1, 0.15) is 0 Å². The van der Waals surface area contributed by atoms with Gasteiger partial charge in [-0.1, -0.05) is 68.2 Å². The summed E-state index contributed by atoms with van der Waals surface area (Å²) in [5, 5.41) is 9.49. The first-order valence-electron chi connectivity index (χ1n) is 8.79. The first kappa shape index (κ1) is 15.1. The maximum absolute atomic E-state index is 2.43. The van der Waals surface area contributed by atoms with Crippen molar-refractivity contribution in [3.8, 4) is 0 Å². The molecule has 5 rings (SSSR count). The molecular weight excluding hydrogens is 336 g/mol. The molecule has 0 radical (unpaired) electrons. The summed E-state index contributed by atoms with van der Waals surface area (Å²) in [7, 11) is -1.28. The maximum atomic E-state index is 2.43. The second kappa shape index (κ2) is 5.17. The molecule has 4 aromatic carbocycles. The summed E-state index contributed by atoms with van der Waals surface area (Å²) in [4.78, 5) is 0. The van der Waals surface area contributed by atoms with E-state index in [2.05, 4.69) is 86.4 Å². The standard InChI is InChI=1S/C23H20SSi/c1-25(2,3)22-14-18-9-10-19-20(23(18)24-22)11-8-17-12-15-6-4-5-7-16(15)13-21(17)19/h4-14H,1-3H3. The lowest BCUT2D eigenvalue weighted by atomic mass is 9.98. The van der Waals surface area contributed by atoms with Crippen LogP contribution in [0.15, 0.2) is 66.7 Å². The van der Waals surface area contributed by atoms with Crippen LogP contribution < -0.4 is 4.50 Å². The van der Waals surface area contributed by atoms with Crippen molar-refractivity contribution in [1.82, 2.24) is 0 Å². The number of fused-ring (bicyclic) bond motifs is 6. The van der Waals surface area contributed by atoms with E-state index in [9.17, 15) is 0 Å². The Labute approximate surface area is 152 Å². The third-order valence-electron chi connectivity index (χ3n) is 5.10. The Morgan fingerprint density at radius 1 is 0.600 bits per heavy atom. The molecule has 122 valence electrons. The second-order valence-electron chi connectivity index (χ2n) is 7.93. The van der Waals surface area contributed by atoms with Crippen LogP contribution in [-0.2, 0) is 0 Å². The van der Waals surface area contributed by atoms with Gasteiger partial charge in [0.05, 0.1) is 8.07 Å². The zero-order valence-corrected chi connectivity index (χ0v) is 16.6. The summed E-state index contributed by atoms with van der Waals surface area (Å²) in [6.45, 7) is 7.30. The molecule has 25 heavy (non-hydrogen) atoms. The number of rotatable bonds is 1. The van der Waals surface area contributed by atoms with Crippen LogP contribution in [0, 0.1) is 0 Å². The Kier molecular flexibility index (Phi) is 3.12. The molecule has 0 fully saturated rings. The molecule has 5 aromatic rings. The van der Waals surface area contributed by atoms with E-state index in [4.69, 9.17) is 0 Å². The third-order valence-corrected chi connectivity index (χ3v) is 9.87. The zero-order chi connectivity index (χ0) is 17.2. The number of benzene rings is 4. The number of hydrogen-bond acceptors (Lipinski definition) is 1. The molecule has 0 aliphatic heterocycles. The molecule has 1 heterocycles. The third kappa shape index (κ3) is 2.32. The molecule has 0 nitrogen and oxygen atoms in total. The van der Waals surface area contributed by atoms with E-state index in [1.54, 1.807) is 4.50 Å². The lowest BCUT2D eigenvalue weighted by Crippen LogP contribution is -2.34. The van der Waals surface area contributed by atoms with E-state index in [0.717, 1.165) is 0 Å². The Bertz CT molecular complexity index is 1270. The van der Waals surface area contributed by atoms with Gasteiger partial charge in [-0.2, -0.15) is 0 Å². The molecular formula is C23H20SSi. The highest BCUT2D eigenvalue weighted by molar-refractivity contribution is 7.32. The van der Waals surface area contributed by atoms with Crippen LogP contribution in [-0.4, -0.2) is 8.07 Å². The minimum atomic E-state index is -1.28. The topological polar surface area (TPSA) is 0 Å². The first-order chi connectivity index (χ1) is 12.0. The van der Waals surface area contributed by atoms with Gasteiger partial charge in [-0.15, -0.1) is 11.3 Å². The molecule has 0 saturated carbocycles. The van der Waals surface area contributed by atoms with Crippen LogP contribution in [0.2, 0.25) is 19.6 Å². The fourth-order valence-electron chi connectivity index (χ4n) is 3.70. The highest BCUT2D eigenvalue weighted by atomic mass is 32.1. The molecule has 0 amide bonds. The van der Waals surface area contributed by atoms with Crippen LogP contribution >= 0.6 is 11.3 Å². The van der Waals surface area contributed by atoms with Gasteiger partial charge >= 0.3 is 0 Å². The van der Waals surface area contributed by atoms with Gasteiger partial charge in [-0.05, 0) is 55.0 Å². The SMILES string of the molecule is C[Si](C)(C)c1cc2ccc3c4cc5ccccc5cc4ccc3c2s1. The average Bonchev–Trinajstić information content (AvgIpc) is 3.04. The number of thiophene rings is 1. The van der Waals surface area contributed by atoms with Crippen LogP contribution in [0.1, 0.15) is 0 Å². The van der Waals surface area contributed by atoms with Crippen LogP contribution in [0.4, 0.5) is 0 Å². The van der Waals surface area contributed by atoms with Crippen LogP contribution in [0.5, 0.6) is 0 Å². The van der Waals surface area contributed by atoms with Crippen molar-refractivity contribution >= 4 is 66.3 Å². The molecule has 0 aliphatic rings. The van der Waals surface area contributed by atoms with Crippen molar-refractivity contribution < 1.29 is 0 Å². The Morgan fingerprint density at radius 2 is 1.28 bits per heavy atom. The normalized spacial score (nSPS) is 12.6. The van der Waals surface area contributed by atoms with Gasteiger partial charge in [0.2, 0.25) is 0 Å². The van der Waals surface area contributed by atoms with Crippen molar-refractivity contribution in [2.75, 3.05) is 0 Å². The Balaban J connectivity index is 1.90. The van der Waals surface area contributed by atoms with Crippen LogP contribution in [0.3, 0.4) is 0 Å². The number of hydrogen-bond donors (Lipinski definition) is 0. The summed E-state index contributed by atoms with van der Waals surface area (Å²) in [5.41, 5.74) is 0. The first-order valence-corrected chi connectivity index (χ1v) is 13.1. The summed E-state index contributed by atoms with van der Waals surface area (Å²) in [6.07, 6.45) is 0. The summed E-state index contributed by atoms with van der Waals surface area (Å²) >= 11 is 2.01. The maximum Gasteiger partial charge on any atom is 0.0904 e. The zero-order valence-electron chi connectivity index (χ0n) is 14.8. The fraction of sp³-hybridized carbons (Fsp3) is 0.130. The van der Waals surface area contributed by atoms with Gasteiger partial charge in [-0.3, -0.25) is 0 Å². The lowest BCUT2D eigenvalue weighted by molar-refractivity contribution is 1.79. The van der Waals surface area contributed by atoms with Crippen LogP contribution in [0.25, 0.3) is 42.4 Å². The van der Waals surface area contributed by atoms with Crippen molar-refractivity contribution in [2.24, 2.45) is 0 Å². The summed E-state index contributed by atoms with van der Waals surface area (Å²) < 4.78 is 3.04. The lowest BCUT2D eigenvalue weighted by Gasteiger charge is -2.12. The minimum absolute atomic E-state index is 1.28. The highest BCUT2D eigenvalue weighted by Gasteiger charge is 2.20. The van der Waals surface area contributed by atoms with E-state index in [1.807, 2.05) is 11.3 Å². The Hall–Kier alpha value is -2.16. The van der Waals surface area contributed by atoms with Crippen molar-refractivity contribution in [3.63, 3.8) is 0 Å². The highest BCUT2D eigenvalue weighted by Crippen LogP contribution is 2.35. The van der Waals surface area contributed by atoms with E-state index < -0.39 is 8.07 Å². The van der Waals surface area contributed by atoms with Gasteiger partial charge in [0.15, 0.2) is 0 Å². The largest absolute Gasteiger partial charge is 0.144 e. The van der Waals surface area contributed by atoms with E-state index in [-0.39, 0.29) is 0 Å². The monoisotopic (exact) mass is 356 g/mol. The molecule has 0 spiro atoms. The Morgan fingerprint density at radius 3 is 2.04 bits per heavy atom. The fourth-order valence-corrected chi connectivity index (χ4v) is 6.75. The molecule has 0 bridgehead atoms. The second-order valence-corrected chi connectivity index (χ2v) is 14.4. The van der Waals surface area contributed by atoms with Crippen molar-refractivity contribution in [1.29, 1.82) is 0 Å². The molecule has 1 aromatic heterocycles. The van der Waals surface area contributed by atoms with Crippen molar-refractivity contribution in [3.05, 3.63) is 66.7 Å². The molecule has 0 atom stereocenters. The van der Waals surface area contributed by atoms with Gasteiger partial charge in [0.25, 0.3) is 0 Å². The smallest absolute Gasteiger partial charge is 0.0904 e. The molecule has 2 heteroatoms. The van der Waals surface area contributed by atoms with Crippen molar-refractivity contribution in [2.45, 2.75) is 19.6 Å². The van der Waals surface area contributed by atoms with E-state index in [1.165, 1.54) is 42.4 Å².